The molecule has 0 amide bonds. The summed E-state index contributed by atoms with van der Waals surface area (Å²) in [4.78, 5) is 0. The van der Waals surface area contributed by atoms with E-state index in [1.54, 1.807) is 18.2 Å². The van der Waals surface area contributed by atoms with Gasteiger partial charge in [0.15, 0.2) is 11.5 Å². The molecule has 21 heavy (non-hydrogen) atoms. The molecule has 1 N–H and O–H groups in total. The van der Waals surface area contributed by atoms with Gasteiger partial charge in [-0.3, -0.25) is 0 Å². The van der Waals surface area contributed by atoms with Gasteiger partial charge < -0.3 is 14.6 Å². The third kappa shape index (κ3) is 2.73. The molecule has 0 bridgehead atoms. The van der Waals surface area contributed by atoms with Crippen LogP contribution in [0.5, 0.6) is 11.5 Å². The van der Waals surface area contributed by atoms with Crippen LogP contribution in [-0.2, 0) is 0 Å². The van der Waals surface area contributed by atoms with Crippen LogP contribution < -0.4 is 9.47 Å². The van der Waals surface area contributed by atoms with E-state index >= 15 is 0 Å². The van der Waals surface area contributed by atoms with Gasteiger partial charge in [-0.15, -0.1) is 0 Å². The van der Waals surface area contributed by atoms with Gasteiger partial charge in [-0.25, -0.2) is 4.39 Å². The van der Waals surface area contributed by atoms with E-state index in [0.29, 0.717) is 34.7 Å². The maximum atomic E-state index is 14.0. The van der Waals surface area contributed by atoms with Crippen LogP contribution in [0.1, 0.15) is 17.2 Å². The molecule has 110 valence electrons. The number of fused-ring (bicyclic) bond motifs is 1. The molecule has 0 aromatic heterocycles. The van der Waals surface area contributed by atoms with Gasteiger partial charge in [0, 0.05) is 15.6 Å². The maximum absolute atomic E-state index is 14.0. The molecule has 3 rings (SSSR count). The van der Waals surface area contributed by atoms with Gasteiger partial charge in [0.2, 0.25) is 0 Å². The van der Waals surface area contributed by atoms with Gasteiger partial charge in [0.05, 0.1) is 5.02 Å². The minimum Gasteiger partial charge on any atom is -0.486 e. The Morgan fingerprint density at radius 1 is 1.14 bits per heavy atom. The van der Waals surface area contributed by atoms with Crippen LogP contribution in [-0.4, -0.2) is 18.3 Å². The van der Waals surface area contributed by atoms with Gasteiger partial charge in [0.25, 0.3) is 0 Å². The number of hydrogen-bond acceptors (Lipinski definition) is 3. The predicted octanol–water partition coefficient (Wildman–Crippen LogP) is 4.09. The van der Waals surface area contributed by atoms with Crippen molar-refractivity contribution in [3.8, 4) is 11.5 Å². The molecule has 0 radical (unpaired) electrons. The van der Waals surface area contributed by atoms with Crippen LogP contribution in [0, 0.1) is 5.82 Å². The summed E-state index contributed by atoms with van der Waals surface area (Å²) in [5, 5.41) is 10.4. The normalized spacial score (nSPS) is 14.9. The van der Waals surface area contributed by atoms with Crippen LogP contribution in [0.15, 0.2) is 34.8 Å². The lowest BCUT2D eigenvalue weighted by molar-refractivity contribution is 0.169. The summed E-state index contributed by atoms with van der Waals surface area (Å²) in [6, 6.07) is 7.87. The molecule has 1 aliphatic rings. The molecule has 1 heterocycles. The van der Waals surface area contributed by atoms with Crippen molar-refractivity contribution in [2.24, 2.45) is 0 Å². The second kappa shape index (κ2) is 5.83. The van der Waals surface area contributed by atoms with Crippen molar-refractivity contribution < 1.29 is 19.0 Å². The van der Waals surface area contributed by atoms with Gasteiger partial charge >= 0.3 is 0 Å². The van der Waals surface area contributed by atoms with Crippen LogP contribution in [0.25, 0.3) is 0 Å². The van der Waals surface area contributed by atoms with E-state index in [4.69, 9.17) is 21.1 Å². The first-order chi connectivity index (χ1) is 10.1. The molecular formula is C15H11BrClFO3. The highest BCUT2D eigenvalue weighted by molar-refractivity contribution is 9.10. The van der Waals surface area contributed by atoms with Crippen LogP contribution in [0.2, 0.25) is 5.02 Å². The fourth-order valence-corrected chi connectivity index (χ4v) is 2.91. The van der Waals surface area contributed by atoms with Crippen LogP contribution >= 0.6 is 27.5 Å². The number of halogens is 3. The number of hydrogen-bond donors (Lipinski definition) is 1. The lowest BCUT2D eigenvalue weighted by Gasteiger charge is -2.22. The molecule has 0 saturated heterocycles. The molecule has 0 spiro atoms. The lowest BCUT2D eigenvalue weighted by atomic mass is 10.0. The highest BCUT2D eigenvalue weighted by Gasteiger charge is 2.22. The standard InChI is InChI=1S/C15H11BrClFO3/c16-10-7-13-12(20-4-5-21-13)6-9(10)15(19)8-2-1-3-11(17)14(8)18/h1-3,6-7,15,19H,4-5H2. The van der Waals surface area contributed by atoms with Crippen LogP contribution in [0.4, 0.5) is 4.39 Å². The third-order valence-electron chi connectivity index (χ3n) is 3.23. The summed E-state index contributed by atoms with van der Waals surface area (Å²) in [6.45, 7) is 0.917. The second-order valence-electron chi connectivity index (χ2n) is 4.56. The molecule has 1 unspecified atom stereocenters. The molecular weight excluding hydrogens is 363 g/mol. The molecule has 6 heteroatoms. The average molecular weight is 374 g/mol. The summed E-state index contributed by atoms with van der Waals surface area (Å²) >= 11 is 9.12. The number of aliphatic hydroxyl groups excluding tert-OH is 1. The summed E-state index contributed by atoms with van der Waals surface area (Å²) in [6.07, 6.45) is -1.16. The average Bonchev–Trinajstić information content (AvgIpc) is 2.48. The Morgan fingerprint density at radius 2 is 1.81 bits per heavy atom. The monoisotopic (exact) mass is 372 g/mol. The zero-order chi connectivity index (χ0) is 15.0. The Hall–Kier alpha value is -1.30. The van der Waals surface area contributed by atoms with Gasteiger partial charge in [-0.2, -0.15) is 0 Å². The maximum Gasteiger partial charge on any atom is 0.162 e. The molecule has 1 aliphatic heterocycles. The Balaban J connectivity index is 2.05. The molecule has 1 atom stereocenters. The van der Waals surface area contributed by atoms with Gasteiger partial charge in [-0.1, -0.05) is 39.7 Å². The second-order valence-corrected chi connectivity index (χ2v) is 5.82. The van der Waals surface area contributed by atoms with Crippen molar-refractivity contribution >= 4 is 27.5 Å². The molecule has 2 aromatic carbocycles. The minimum absolute atomic E-state index is 0.0276. The topological polar surface area (TPSA) is 38.7 Å². The fourth-order valence-electron chi connectivity index (χ4n) is 2.19. The summed E-state index contributed by atoms with van der Waals surface area (Å²) in [7, 11) is 0. The zero-order valence-corrected chi connectivity index (χ0v) is 13.1. The minimum atomic E-state index is -1.16. The van der Waals surface area contributed by atoms with Crippen molar-refractivity contribution in [1.29, 1.82) is 0 Å². The Morgan fingerprint density at radius 3 is 2.52 bits per heavy atom. The first-order valence-electron chi connectivity index (χ1n) is 6.29. The fraction of sp³-hybridized carbons (Fsp3) is 0.200. The highest BCUT2D eigenvalue weighted by atomic mass is 79.9. The van der Waals surface area contributed by atoms with E-state index in [9.17, 15) is 9.50 Å². The van der Waals surface area contributed by atoms with Crippen molar-refractivity contribution in [1.82, 2.24) is 0 Å². The van der Waals surface area contributed by atoms with Crippen molar-refractivity contribution in [2.75, 3.05) is 13.2 Å². The molecule has 0 saturated carbocycles. The molecule has 0 fully saturated rings. The van der Waals surface area contributed by atoms with E-state index in [2.05, 4.69) is 15.9 Å². The SMILES string of the molecule is OC(c1cc2c(cc1Br)OCCO2)c1cccc(Cl)c1F. The number of rotatable bonds is 2. The van der Waals surface area contributed by atoms with E-state index in [-0.39, 0.29) is 10.6 Å². The quantitative estimate of drug-likeness (QED) is 0.861. The van der Waals surface area contributed by atoms with Crippen molar-refractivity contribution in [3.05, 3.63) is 56.8 Å². The Kier molecular flexibility index (Phi) is 4.06. The van der Waals surface area contributed by atoms with E-state index in [1.165, 1.54) is 12.1 Å². The number of ether oxygens (including phenoxy) is 2. The van der Waals surface area contributed by atoms with Crippen molar-refractivity contribution in [3.63, 3.8) is 0 Å². The first kappa shape index (κ1) is 14.6. The lowest BCUT2D eigenvalue weighted by Crippen LogP contribution is -2.16. The molecule has 2 aromatic rings. The molecule has 0 aliphatic carbocycles. The molecule has 3 nitrogen and oxygen atoms in total. The smallest absolute Gasteiger partial charge is 0.162 e. The zero-order valence-electron chi connectivity index (χ0n) is 10.8. The Labute approximate surface area is 134 Å². The summed E-state index contributed by atoms with van der Waals surface area (Å²) in [5.74, 6) is 0.491. The third-order valence-corrected chi connectivity index (χ3v) is 4.21. The van der Waals surface area contributed by atoms with Crippen LogP contribution in [0.3, 0.4) is 0 Å². The summed E-state index contributed by atoms with van der Waals surface area (Å²) < 4.78 is 25.6. The summed E-state index contributed by atoms with van der Waals surface area (Å²) in [5.41, 5.74) is 0.597. The van der Waals surface area contributed by atoms with E-state index < -0.39 is 11.9 Å². The van der Waals surface area contributed by atoms with Gasteiger partial charge in [-0.05, 0) is 18.2 Å². The van der Waals surface area contributed by atoms with E-state index in [0.717, 1.165) is 0 Å². The van der Waals surface area contributed by atoms with E-state index in [1.807, 2.05) is 0 Å². The Bertz CT molecular complexity index is 693. The highest BCUT2D eigenvalue weighted by Crippen LogP contribution is 2.40. The largest absolute Gasteiger partial charge is 0.486 e. The number of benzene rings is 2. The first-order valence-corrected chi connectivity index (χ1v) is 7.46. The predicted molar refractivity (Wildman–Crippen MR) is 80.6 cm³/mol. The van der Waals surface area contributed by atoms with Gasteiger partial charge in [0.1, 0.15) is 25.1 Å². The number of aliphatic hydroxyl groups is 1. The van der Waals surface area contributed by atoms with Crippen molar-refractivity contribution in [2.45, 2.75) is 6.10 Å².